The lowest BCUT2D eigenvalue weighted by atomic mass is 10.00. The monoisotopic (exact) mass is 438 g/mol. The average molecular weight is 439 g/mol. The molecule has 1 aromatic rings. The van der Waals surface area contributed by atoms with Crippen LogP contribution in [0.5, 0.6) is 0 Å². The van der Waals surface area contributed by atoms with Crippen LogP contribution in [0.2, 0.25) is 0 Å². The minimum absolute atomic E-state index is 0.0595. The van der Waals surface area contributed by atoms with E-state index in [9.17, 15) is 13.2 Å². The van der Waals surface area contributed by atoms with Gasteiger partial charge >= 0.3 is 0 Å². The molecule has 1 amide bonds. The van der Waals surface area contributed by atoms with Crippen molar-refractivity contribution in [1.82, 2.24) is 19.8 Å². The van der Waals surface area contributed by atoms with Gasteiger partial charge in [0.05, 0.1) is 11.0 Å². The third kappa shape index (κ3) is 6.01. The van der Waals surface area contributed by atoms with Gasteiger partial charge in [-0.15, -0.1) is 0 Å². The van der Waals surface area contributed by atoms with Gasteiger partial charge in [0.15, 0.2) is 0 Å². The first kappa shape index (κ1) is 23.1. The normalized spacial score (nSPS) is 22.8. The van der Waals surface area contributed by atoms with E-state index in [-0.39, 0.29) is 29.0 Å². The molecule has 2 fully saturated rings. The molecule has 2 aliphatic rings. The molecule has 2 N–H and O–H groups in total. The molecule has 2 aliphatic heterocycles. The first-order chi connectivity index (χ1) is 14.2. The summed E-state index contributed by atoms with van der Waals surface area (Å²) in [4.78, 5) is 17.3. The minimum atomic E-state index is -3.61. The summed E-state index contributed by atoms with van der Waals surface area (Å²) in [5, 5.41) is 2.93. The lowest BCUT2D eigenvalue weighted by Crippen LogP contribution is -2.58. The maximum atomic E-state index is 12.4. The second-order valence-corrected chi connectivity index (χ2v) is 10.5. The fraction of sp³-hybridized carbons (Fsp3) is 0.667. The summed E-state index contributed by atoms with van der Waals surface area (Å²) in [5.74, 6) is -0.195. The van der Waals surface area contributed by atoms with Gasteiger partial charge in [0.25, 0.3) is 5.91 Å². The molecule has 2 heterocycles. The van der Waals surface area contributed by atoms with Gasteiger partial charge in [-0.3, -0.25) is 14.6 Å². The van der Waals surface area contributed by atoms with Gasteiger partial charge in [-0.1, -0.05) is 0 Å². The zero-order chi connectivity index (χ0) is 21.8. The van der Waals surface area contributed by atoms with Gasteiger partial charge in [0.1, 0.15) is 0 Å². The first-order valence-corrected chi connectivity index (χ1v) is 12.1. The van der Waals surface area contributed by atoms with Crippen LogP contribution < -0.4 is 10.0 Å². The first-order valence-electron chi connectivity index (χ1n) is 10.6. The highest BCUT2D eigenvalue weighted by atomic mass is 32.2. The molecule has 8 nitrogen and oxygen atoms in total. The molecule has 30 heavy (non-hydrogen) atoms. The van der Waals surface area contributed by atoms with E-state index >= 15 is 0 Å². The Morgan fingerprint density at radius 2 is 1.97 bits per heavy atom. The van der Waals surface area contributed by atoms with Gasteiger partial charge in [-0.2, -0.15) is 0 Å². The molecule has 168 valence electrons. The van der Waals surface area contributed by atoms with Crippen molar-refractivity contribution >= 4 is 15.9 Å². The number of ether oxygens (including phenoxy) is 1. The Balaban J connectivity index is 1.46. The molecule has 1 unspecified atom stereocenters. The van der Waals surface area contributed by atoms with Gasteiger partial charge in [0, 0.05) is 57.0 Å². The standard InChI is InChI=1S/C21H34N4O4S/c1-21(2)16-25(13-12-24(21)3)11-10-22-20(26)17-6-8-19(9-7-17)30(27,28)23-15-18-5-4-14-29-18/h6-9,18,23H,4-5,10-16H2,1-3H3,(H,22,26). The minimum Gasteiger partial charge on any atom is -0.377 e. The summed E-state index contributed by atoms with van der Waals surface area (Å²) < 4.78 is 32.9. The molecule has 0 radical (unpaired) electrons. The van der Waals surface area contributed by atoms with Gasteiger partial charge < -0.3 is 10.1 Å². The summed E-state index contributed by atoms with van der Waals surface area (Å²) in [5.41, 5.74) is 0.577. The Hall–Kier alpha value is -1.52. The zero-order valence-corrected chi connectivity index (χ0v) is 19.0. The summed E-state index contributed by atoms with van der Waals surface area (Å²) in [6.45, 7) is 9.72. The lowest BCUT2D eigenvalue weighted by Gasteiger charge is -2.45. The molecule has 1 atom stereocenters. The van der Waals surface area contributed by atoms with E-state index < -0.39 is 10.0 Å². The number of carbonyl (C=O) groups excluding carboxylic acids is 1. The number of carbonyl (C=O) groups is 1. The Morgan fingerprint density at radius 1 is 1.23 bits per heavy atom. The molecule has 0 saturated carbocycles. The quantitative estimate of drug-likeness (QED) is 0.627. The maximum absolute atomic E-state index is 12.4. The number of rotatable bonds is 8. The summed E-state index contributed by atoms with van der Waals surface area (Å²) in [6, 6.07) is 6.04. The summed E-state index contributed by atoms with van der Waals surface area (Å²) >= 11 is 0. The van der Waals surface area contributed by atoms with E-state index in [1.807, 2.05) is 0 Å². The lowest BCUT2D eigenvalue weighted by molar-refractivity contribution is 0.0406. The second-order valence-electron chi connectivity index (χ2n) is 8.78. The number of sulfonamides is 1. The van der Waals surface area contributed by atoms with E-state index in [1.54, 1.807) is 12.1 Å². The van der Waals surface area contributed by atoms with Gasteiger partial charge in [0.2, 0.25) is 10.0 Å². The largest absolute Gasteiger partial charge is 0.377 e. The van der Waals surface area contributed by atoms with E-state index in [2.05, 4.69) is 40.7 Å². The van der Waals surface area contributed by atoms with Gasteiger partial charge in [-0.05, 0) is 58.0 Å². The van der Waals surface area contributed by atoms with Crippen molar-refractivity contribution in [2.45, 2.75) is 43.2 Å². The Labute approximate surface area is 180 Å². The number of hydrogen-bond acceptors (Lipinski definition) is 6. The topological polar surface area (TPSA) is 91.0 Å². The highest BCUT2D eigenvalue weighted by Crippen LogP contribution is 2.18. The number of nitrogens with one attached hydrogen (secondary N) is 2. The Morgan fingerprint density at radius 3 is 2.60 bits per heavy atom. The smallest absolute Gasteiger partial charge is 0.251 e. The van der Waals surface area contributed by atoms with Crippen LogP contribution in [0.15, 0.2) is 29.2 Å². The maximum Gasteiger partial charge on any atom is 0.251 e. The van der Waals surface area contributed by atoms with Crippen LogP contribution in [-0.2, 0) is 14.8 Å². The van der Waals surface area contributed by atoms with Gasteiger partial charge in [-0.25, -0.2) is 13.1 Å². The molecular formula is C21H34N4O4S. The zero-order valence-electron chi connectivity index (χ0n) is 18.2. The van der Waals surface area contributed by atoms with Crippen LogP contribution in [0.4, 0.5) is 0 Å². The fourth-order valence-corrected chi connectivity index (χ4v) is 4.90. The molecule has 2 saturated heterocycles. The van der Waals surface area contributed by atoms with Crippen molar-refractivity contribution in [3.05, 3.63) is 29.8 Å². The van der Waals surface area contributed by atoms with Crippen molar-refractivity contribution in [3.63, 3.8) is 0 Å². The fourth-order valence-electron chi connectivity index (χ4n) is 3.84. The molecule has 3 rings (SSSR count). The van der Waals surface area contributed by atoms with Crippen LogP contribution in [0.25, 0.3) is 0 Å². The summed E-state index contributed by atoms with van der Waals surface area (Å²) in [7, 11) is -1.47. The number of amides is 1. The molecule has 1 aromatic carbocycles. The number of likely N-dealkylation sites (N-methyl/N-ethyl adjacent to an activating group) is 1. The van der Waals surface area contributed by atoms with Crippen molar-refractivity contribution < 1.29 is 17.9 Å². The molecule has 0 aromatic heterocycles. The van der Waals surface area contributed by atoms with E-state index in [0.717, 1.165) is 39.0 Å². The van der Waals surface area contributed by atoms with E-state index in [1.165, 1.54) is 12.1 Å². The highest BCUT2D eigenvalue weighted by molar-refractivity contribution is 7.89. The second kappa shape index (κ2) is 9.74. The number of piperazine rings is 1. The highest BCUT2D eigenvalue weighted by Gasteiger charge is 2.30. The summed E-state index contributed by atoms with van der Waals surface area (Å²) in [6.07, 6.45) is 1.77. The number of nitrogens with zero attached hydrogens (tertiary/aromatic N) is 2. The molecule has 0 bridgehead atoms. The predicted molar refractivity (Wildman–Crippen MR) is 116 cm³/mol. The van der Waals surface area contributed by atoms with Crippen LogP contribution in [-0.4, -0.2) is 88.7 Å². The number of hydrogen-bond donors (Lipinski definition) is 2. The Kier molecular flexibility index (Phi) is 7.52. The van der Waals surface area contributed by atoms with Crippen LogP contribution in [0, 0.1) is 0 Å². The van der Waals surface area contributed by atoms with Crippen molar-refractivity contribution in [3.8, 4) is 0 Å². The van der Waals surface area contributed by atoms with Crippen LogP contribution >= 0.6 is 0 Å². The van der Waals surface area contributed by atoms with Crippen LogP contribution in [0.1, 0.15) is 37.0 Å². The van der Waals surface area contributed by atoms with Crippen molar-refractivity contribution in [2.24, 2.45) is 0 Å². The SMILES string of the molecule is CN1CCN(CCNC(=O)c2ccc(S(=O)(=O)NCC3CCCO3)cc2)CC1(C)C. The van der Waals surface area contributed by atoms with E-state index in [4.69, 9.17) is 4.74 Å². The van der Waals surface area contributed by atoms with Crippen LogP contribution in [0.3, 0.4) is 0 Å². The molecule has 0 aliphatic carbocycles. The molecular weight excluding hydrogens is 404 g/mol. The number of benzene rings is 1. The average Bonchev–Trinajstić information content (AvgIpc) is 3.23. The third-order valence-corrected chi connectivity index (χ3v) is 7.50. The molecule has 9 heteroatoms. The van der Waals surface area contributed by atoms with Crippen molar-refractivity contribution in [1.29, 1.82) is 0 Å². The molecule has 0 spiro atoms. The Bertz CT molecular complexity index is 820. The third-order valence-electron chi connectivity index (χ3n) is 6.06. The van der Waals surface area contributed by atoms with Crippen molar-refractivity contribution in [2.75, 3.05) is 52.9 Å². The van der Waals surface area contributed by atoms with E-state index in [0.29, 0.717) is 18.7 Å². The predicted octanol–water partition coefficient (Wildman–Crippen LogP) is 0.900.